The average Bonchev–Trinajstić information content (AvgIpc) is 2.50. The molecule has 0 radical (unpaired) electrons. The highest BCUT2D eigenvalue weighted by Crippen LogP contribution is 2.20. The molecule has 1 aliphatic rings. The van der Waals surface area contributed by atoms with Crippen LogP contribution < -0.4 is 10.6 Å². The van der Waals surface area contributed by atoms with Gasteiger partial charge in [0, 0.05) is 13.0 Å². The van der Waals surface area contributed by atoms with Gasteiger partial charge >= 0.3 is 0 Å². The molecule has 1 amide bonds. The zero-order valence-electron chi connectivity index (χ0n) is 12.3. The number of halogens is 1. The van der Waals surface area contributed by atoms with E-state index in [0.29, 0.717) is 23.7 Å². The molecule has 1 aromatic rings. The van der Waals surface area contributed by atoms with Gasteiger partial charge in [-0.3, -0.25) is 4.79 Å². The monoisotopic (exact) mass is 306 g/mol. The molecule has 3 nitrogen and oxygen atoms in total. The molecule has 0 bridgehead atoms. The molecule has 114 valence electrons. The van der Waals surface area contributed by atoms with Gasteiger partial charge in [-0.25, -0.2) is 0 Å². The third kappa shape index (κ3) is 5.90. The zero-order chi connectivity index (χ0) is 14.9. The van der Waals surface area contributed by atoms with Gasteiger partial charge in [0.25, 0.3) is 0 Å². The number of hydrogen-bond donors (Lipinski definition) is 2. The minimum Gasteiger partial charge on any atom is -0.325 e. The molecule has 0 fully saturated rings. The highest BCUT2D eigenvalue weighted by atomic mass is 35.5. The number of para-hydroxylation sites is 1. The Kier molecular flexibility index (Phi) is 6.77. The van der Waals surface area contributed by atoms with Crippen molar-refractivity contribution >= 4 is 23.2 Å². The molecule has 2 rings (SSSR count). The molecule has 0 spiro atoms. The van der Waals surface area contributed by atoms with E-state index in [1.54, 1.807) is 11.6 Å². The van der Waals surface area contributed by atoms with Crippen LogP contribution in [0.1, 0.15) is 38.5 Å². The van der Waals surface area contributed by atoms with Crippen LogP contribution in [-0.4, -0.2) is 19.0 Å². The molecule has 2 N–H and O–H groups in total. The Morgan fingerprint density at radius 2 is 2.05 bits per heavy atom. The van der Waals surface area contributed by atoms with Gasteiger partial charge in [-0.1, -0.05) is 35.4 Å². The van der Waals surface area contributed by atoms with E-state index >= 15 is 0 Å². The topological polar surface area (TPSA) is 41.1 Å². The Bertz CT molecular complexity index is 499. The second-order valence-corrected chi connectivity index (χ2v) is 5.79. The van der Waals surface area contributed by atoms with E-state index in [-0.39, 0.29) is 5.91 Å². The highest BCUT2D eigenvalue weighted by Gasteiger charge is 2.05. The summed E-state index contributed by atoms with van der Waals surface area (Å²) in [5.41, 5.74) is 2.24. The smallest absolute Gasteiger partial charge is 0.225 e. The normalized spacial score (nSPS) is 14.6. The fourth-order valence-electron chi connectivity index (χ4n) is 2.48. The van der Waals surface area contributed by atoms with Crippen LogP contribution in [0.25, 0.3) is 0 Å². The molecule has 0 unspecified atom stereocenters. The largest absolute Gasteiger partial charge is 0.325 e. The first kappa shape index (κ1) is 16.1. The SMILES string of the molecule is O=C(CCNCCC1=CCCCC1)Nc1ccccc1Cl. The number of allylic oxidation sites excluding steroid dienone is 1. The van der Waals surface area contributed by atoms with Crippen LogP contribution in [0.15, 0.2) is 35.9 Å². The Hall–Kier alpha value is -1.32. The Balaban J connectivity index is 1.59. The number of benzene rings is 1. The molecule has 0 atom stereocenters. The lowest BCUT2D eigenvalue weighted by Crippen LogP contribution is -2.23. The third-order valence-corrected chi connectivity index (χ3v) is 4.01. The summed E-state index contributed by atoms with van der Waals surface area (Å²) in [7, 11) is 0. The summed E-state index contributed by atoms with van der Waals surface area (Å²) < 4.78 is 0. The van der Waals surface area contributed by atoms with Crippen LogP contribution in [-0.2, 0) is 4.79 Å². The second kappa shape index (κ2) is 8.85. The van der Waals surface area contributed by atoms with Crippen LogP contribution in [0.4, 0.5) is 5.69 Å². The van der Waals surface area contributed by atoms with Gasteiger partial charge in [0.1, 0.15) is 0 Å². The lowest BCUT2D eigenvalue weighted by Gasteiger charge is -2.13. The van der Waals surface area contributed by atoms with Crippen molar-refractivity contribution in [3.8, 4) is 0 Å². The van der Waals surface area contributed by atoms with E-state index in [1.807, 2.05) is 18.2 Å². The maximum atomic E-state index is 11.8. The summed E-state index contributed by atoms with van der Waals surface area (Å²) in [4.78, 5) is 11.8. The first-order valence-electron chi connectivity index (χ1n) is 7.69. The van der Waals surface area contributed by atoms with Crippen molar-refractivity contribution in [1.29, 1.82) is 0 Å². The van der Waals surface area contributed by atoms with Crippen molar-refractivity contribution in [2.24, 2.45) is 0 Å². The Morgan fingerprint density at radius 1 is 1.19 bits per heavy atom. The molecule has 21 heavy (non-hydrogen) atoms. The van der Waals surface area contributed by atoms with Crippen molar-refractivity contribution < 1.29 is 4.79 Å². The van der Waals surface area contributed by atoms with Crippen molar-refractivity contribution in [2.45, 2.75) is 38.5 Å². The number of amides is 1. The fourth-order valence-corrected chi connectivity index (χ4v) is 2.67. The molecule has 0 heterocycles. The highest BCUT2D eigenvalue weighted by molar-refractivity contribution is 6.33. The standard InChI is InChI=1S/C17H23ClN2O/c18-15-8-4-5-9-16(15)20-17(21)11-13-19-12-10-14-6-2-1-3-7-14/h4-6,8-9,19H,1-3,7,10-13H2,(H,20,21). The first-order valence-corrected chi connectivity index (χ1v) is 8.06. The van der Waals surface area contributed by atoms with Crippen LogP contribution in [0.3, 0.4) is 0 Å². The zero-order valence-corrected chi connectivity index (χ0v) is 13.1. The van der Waals surface area contributed by atoms with Gasteiger partial charge in [0.05, 0.1) is 10.7 Å². The maximum absolute atomic E-state index is 11.8. The van der Waals surface area contributed by atoms with E-state index < -0.39 is 0 Å². The van der Waals surface area contributed by atoms with E-state index in [9.17, 15) is 4.79 Å². The summed E-state index contributed by atoms with van der Waals surface area (Å²) in [5, 5.41) is 6.73. The lowest BCUT2D eigenvalue weighted by atomic mass is 9.97. The molecular formula is C17H23ClN2O. The fraction of sp³-hybridized carbons (Fsp3) is 0.471. The van der Waals surface area contributed by atoms with Gasteiger partial charge in [-0.15, -0.1) is 0 Å². The van der Waals surface area contributed by atoms with Gasteiger partial charge in [-0.05, 0) is 50.8 Å². The van der Waals surface area contributed by atoms with Crippen molar-refractivity contribution in [1.82, 2.24) is 5.32 Å². The summed E-state index contributed by atoms with van der Waals surface area (Å²) in [6.45, 7) is 1.65. The van der Waals surface area contributed by atoms with Crippen LogP contribution in [0, 0.1) is 0 Å². The van der Waals surface area contributed by atoms with Gasteiger partial charge in [0.15, 0.2) is 0 Å². The predicted molar refractivity (Wildman–Crippen MR) is 88.7 cm³/mol. The minimum atomic E-state index is -0.00696. The number of rotatable bonds is 7. The molecular weight excluding hydrogens is 284 g/mol. The predicted octanol–water partition coefficient (Wildman–Crippen LogP) is 4.15. The third-order valence-electron chi connectivity index (χ3n) is 3.68. The van der Waals surface area contributed by atoms with Crippen molar-refractivity contribution in [2.75, 3.05) is 18.4 Å². The van der Waals surface area contributed by atoms with Crippen molar-refractivity contribution in [3.05, 3.63) is 40.9 Å². The van der Waals surface area contributed by atoms with E-state index in [4.69, 9.17) is 11.6 Å². The molecule has 0 saturated heterocycles. The number of carbonyl (C=O) groups is 1. The summed E-state index contributed by atoms with van der Waals surface area (Å²) >= 11 is 6.00. The molecule has 0 saturated carbocycles. The molecule has 1 aliphatic carbocycles. The minimum absolute atomic E-state index is 0.00696. The van der Waals surface area contributed by atoms with Gasteiger partial charge < -0.3 is 10.6 Å². The van der Waals surface area contributed by atoms with Crippen LogP contribution >= 0.6 is 11.6 Å². The second-order valence-electron chi connectivity index (χ2n) is 5.39. The molecule has 0 aliphatic heterocycles. The number of anilines is 1. The number of hydrogen-bond acceptors (Lipinski definition) is 2. The van der Waals surface area contributed by atoms with E-state index in [2.05, 4.69) is 16.7 Å². The van der Waals surface area contributed by atoms with E-state index in [0.717, 1.165) is 13.0 Å². The quantitative estimate of drug-likeness (QED) is 0.587. The molecule has 1 aromatic carbocycles. The van der Waals surface area contributed by atoms with Crippen LogP contribution in [0.5, 0.6) is 0 Å². The molecule has 4 heteroatoms. The maximum Gasteiger partial charge on any atom is 0.225 e. The van der Waals surface area contributed by atoms with Crippen molar-refractivity contribution in [3.63, 3.8) is 0 Å². The lowest BCUT2D eigenvalue weighted by molar-refractivity contribution is -0.116. The number of nitrogens with one attached hydrogen (secondary N) is 2. The summed E-state index contributed by atoms with van der Waals surface area (Å²) in [5.74, 6) is -0.00696. The first-order chi connectivity index (χ1) is 10.3. The Labute approximate surface area is 131 Å². The number of carbonyl (C=O) groups excluding carboxylic acids is 1. The molecule has 0 aromatic heterocycles. The van der Waals surface area contributed by atoms with Gasteiger partial charge in [-0.2, -0.15) is 0 Å². The summed E-state index contributed by atoms with van der Waals surface area (Å²) in [6, 6.07) is 7.29. The van der Waals surface area contributed by atoms with Gasteiger partial charge in [0.2, 0.25) is 5.91 Å². The average molecular weight is 307 g/mol. The summed E-state index contributed by atoms with van der Waals surface area (Å²) in [6.07, 6.45) is 9.07. The van der Waals surface area contributed by atoms with E-state index in [1.165, 1.54) is 25.7 Å². The Morgan fingerprint density at radius 3 is 2.81 bits per heavy atom. The van der Waals surface area contributed by atoms with Crippen LogP contribution in [0.2, 0.25) is 5.02 Å².